The molecule has 22 heavy (non-hydrogen) atoms. The molecule has 0 radical (unpaired) electrons. The van der Waals surface area contributed by atoms with E-state index < -0.39 is 25.5 Å². The van der Waals surface area contributed by atoms with Crippen molar-refractivity contribution < 1.29 is 13.3 Å². The van der Waals surface area contributed by atoms with Crippen LogP contribution in [0.5, 0.6) is 0 Å². The summed E-state index contributed by atoms with van der Waals surface area (Å²) in [6, 6.07) is 4.88. The van der Waals surface area contributed by atoms with Crippen LogP contribution in [0.3, 0.4) is 0 Å². The highest BCUT2D eigenvalue weighted by Gasteiger charge is 2.23. The number of nitriles is 1. The summed E-state index contributed by atoms with van der Waals surface area (Å²) in [5.41, 5.74) is -0.551. The number of hydrogen-bond acceptors (Lipinski definition) is 7. The molecule has 0 atom stereocenters. The zero-order valence-electron chi connectivity index (χ0n) is 10.9. The van der Waals surface area contributed by atoms with E-state index in [0.29, 0.717) is 0 Å². The highest BCUT2D eigenvalue weighted by Crippen LogP contribution is 2.30. The van der Waals surface area contributed by atoms with Crippen molar-refractivity contribution in [3.05, 3.63) is 40.1 Å². The largest absolute Gasteiger partial charge is 0.296 e. The van der Waals surface area contributed by atoms with E-state index in [4.69, 9.17) is 10.4 Å². The Labute approximate surface area is 124 Å². The van der Waals surface area contributed by atoms with Crippen LogP contribution in [-0.4, -0.2) is 29.8 Å². The van der Waals surface area contributed by atoms with Gasteiger partial charge in [0.15, 0.2) is 5.82 Å². The first-order chi connectivity index (χ1) is 10.3. The van der Waals surface area contributed by atoms with Crippen LogP contribution in [0.2, 0.25) is 0 Å². The Bertz CT molecular complexity index is 925. The molecule has 0 fully saturated rings. The van der Waals surface area contributed by atoms with E-state index in [0.717, 1.165) is 22.9 Å². The Morgan fingerprint density at radius 3 is 2.68 bits per heavy atom. The molecular formula is C11H8N6O4S. The summed E-state index contributed by atoms with van der Waals surface area (Å²) in [6.45, 7) is 3.28. The lowest BCUT2D eigenvalue weighted by atomic mass is 10.2. The minimum atomic E-state index is -4.10. The maximum absolute atomic E-state index is 11.3. The van der Waals surface area contributed by atoms with Crippen molar-refractivity contribution in [3.8, 4) is 11.8 Å². The van der Waals surface area contributed by atoms with E-state index in [-0.39, 0.29) is 17.1 Å². The summed E-state index contributed by atoms with van der Waals surface area (Å²) in [4.78, 5) is 13.6. The van der Waals surface area contributed by atoms with Crippen LogP contribution in [-0.2, 0) is 10.0 Å². The van der Waals surface area contributed by atoms with E-state index in [1.165, 1.54) is 6.20 Å². The molecule has 0 saturated heterocycles. The Morgan fingerprint density at radius 1 is 1.50 bits per heavy atom. The lowest BCUT2D eigenvalue weighted by molar-refractivity contribution is -0.384. The molecule has 0 aliphatic rings. The van der Waals surface area contributed by atoms with Crippen LogP contribution in [0.4, 0.5) is 11.5 Å². The molecule has 1 aromatic heterocycles. The minimum Gasteiger partial charge on any atom is -0.258 e. The molecule has 0 aliphatic heterocycles. The van der Waals surface area contributed by atoms with Crippen LogP contribution in [0.25, 0.3) is 5.69 Å². The van der Waals surface area contributed by atoms with Gasteiger partial charge in [-0.2, -0.15) is 10.4 Å². The number of nitro benzene ring substituents is 1. The van der Waals surface area contributed by atoms with Gasteiger partial charge in [-0.05, 0) is 18.9 Å². The van der Waals surface area contributed by atoms with Crippen LogP contribution in [0.1, 0.15) is 5.56 Å². The highest BCUT2D eigenvalue weighted by atomic mass is 32.2. The van der Waals surface area contributed by atoms with Crippen molar-refractivity contribution in [2.75, 3.05) is 0 Å². The SMILES string of the molecule is C=Nc1c(C#N)cnn1-c1ccc(S(N)(=O)=O)cc1[N+](=O)[O-]. The van der Waals surface area contributed by atoms with Crippen LogP contribution < -0.4 is 5.14 Å². The molecule has 2 N–H and O–H groups in total. The maximum atomic E-state index is 11.3. The monoisotopic (exact) mass is 320 g/mol. The van der Waals surface area contributed by atoms with Gasteiger partial charge in [0.25, 0.3) is 5.69 Å². The average molecular weight is 320 g/mol. The molecule has 0 saturated carbocycles. The van der Waals surface area contributed by atoms with Crippen molar-refractivity contribution in [2.45, 2.75) is 4.90 Å². The van der Waals surface area contributed by atoms with Gasteiger partial charge in [0.2, 0.25) is 10.0 Å². The predicted octanol–water partition coefficient (Wildman–Crippen LogP) is 0.632. The smallest absolute Gasteiger partial charge is 0.258 e. The molecule has 2 rings (SSSR count). The molecule has 0 aliphatic carbocycles. The Morgan fingerprint density at radius 2 is 2.18 bits per heavy atom. The van der Waals surface area contributed by atoms with E-state index in [1.54, 1.807) is 0 Å². The summed E-state index contributed by atoms with van der Waals surface area (Å²) in [5.74, 6) is 0.00829. The fourth-order valence-electron chi connectivity index (χ4n) is 1.75. The van der Waals surface area contributed by atoms with Crippen molar-refractivity contribution >= 4 is 28.2 Å². The van der Waals surface area contributed by atoms with E-state index in [1.807, 2.05) is 6.07 Å². The summed E-state index contributed by atoms with van der Waals surface area (Å²) in [7, 11) is -4.10. The summed E-state index contributed by atoms with van der Waals surface area (Å²) in [6.07, 6.45) is 1.17. The summed E-state index contributed by atoms with van der Waals surface area (Å²) >= 11 is 0. The molecule has 1 heterocycles. The maximum Gasteiger partial charge on any atom is 0.296 e. The fraction of sp³-hybridized carbons (Fsp3) is 0. The Hall–Kier alpha value is -3.10. The number of primary sulfonamides is 1. The fourth-order valence-corrected chi connectivity index (χ4v) is 2.29. The van der Waals surface area contributed by atoms with Gasteiger partial charge in [0, 0.05) is 6.07 Å². The van der Waals surface area contributed by atoms with Crippen molar-refractivity contribution in [1.82, 2.24) is 9.78 Å². The molecule has 0 bridgehead atoms. The van der Waals surface area contributed by atoms with Crippen LogP contribution in [0.15, 0.2) is 34.3 Å². The van der Waals surface area contributed by atoms with Gasteiger partial charge < -0.3 is 0 Å². The van der Waals surface area contributed by atoms with Gasteiger partial charge in [0.05, 0.1) is 16.0 Å². The Balaban J connectivity index is 2.77. The number of rotatable bonds is 4. The topological polar surface area (TPSA) is 157 Å². The zero-order chi connectivity index (χ0) is 16.5. The standard InChI is InChI=1S/C11H8N6O4S/c1-14-11-7(5-12)6-15-16(11)9-3-2-8(22(13,20)21)4-10(9)17(18)19/h2-4,6H,1H2,(H2,13,20,21). The molecule has 2 aromatic rings. The average Bonchev–Trinajstić information content (AvgIpc) is 2.88. The van der Waals surface area contributed by atoms with E-state index in [9.17, 15) is 18.5 Å². The van der Waals surface area contributed by atoms with Gasteiger partial charge in [0.1, 0.15) is 17.3 Å². The van der Waals surface area contributed by atoms with Crippen molar-refractivity contribution in [1.29, 1.82) is 5.26 Å². The first-order valence-corrected chi connectivity index (χ1v) is 7.10. The molecule has 0 unspecified atom stereocenters. The zero-order valence-corrected chi connectivity index (χ0v) is 11.7. The minimum absolute atomic E-state index is 0.00829. The van der Waals surface area contributed by atoms with Crippen LogP contribution in [0, 0.1) is 21.4 Å². The summed E-state index contributed by atoms with van der Waals surface area (Å²) in [5, 5.41) is 28.9. The third-order valence-electron chi connectivity index (χ3n) is 2.71. The number of nitrogens with zero attached hydrogens (tertiary/aromatic N) is 5. The third-order valence-corrected chi connectivity index (χ3v) is 3.63. The second-order valence-corrected chi connectivity index (χ2v) is 5.58. The molecule has 112 valence electrons. The van der Waals surface area contributed by atoms with E-state index in [2.05, 4.69) is 16.8 Å². The second kappa shape index (κ2) is 5.35. The van der Waals surface area contributed by atoms with Gasteiger partial charge in [-0.1, -0.05) is 0 Å². The van der Waals surface area contributed by atoms with Crippen molar-refractivity contribution in [3.63, 3.8) is 0 Å². The number of hydrogen-bond donors (Lipinski definition) is 1. The van der Waals surface area contributed by atoms with Crippen LogP contribution >= 0.6 is 0 Å². The lowest BCUT2D eigenvalue weighted by Gasteiger charge is -2.06. The van der Waals surface area contributed by atoms with Crippen molar-refractivity contribution in [2.24, 2.45) is 10.1 Å². The van der Waals surface area contributed by atoms with Gasteiger partial charge in [-0.25, -0.2) is 23.2 Å². The highest BCUT2D eigenvalue weighted by molar-refractivity contribution is 7.89. The number of aromatic nitrogens is 2. The molecule has 0 amide bonds. The quantitative estimate of drug-likeness (QED) is 0.494. The Kier molecular flexibility index (Phi) is 3.72. The number of benzene rings is 1. The number of nitrogens with two attached hydrogens (primary N) is 1. The molecular weight excluding hydrogens is 312 g/mol. The first-order valence-electron chi connectivity index (χ1n) is 5.56. The first kappa shape index (κ1) is 15.3. The van der Waals surface area contributed by atoms with E-state index >= 15 is 0 Å². The molecule has 0 spiro atoms. The molecule has 11 heteroatoms. The van der Waals surface area contributed by atoms with Gasteiger partial charge >= 0.3 is 0 Å². The number of sulfonamides is 1. The normalized spacial score (nSPS) is 10.9. The van der Waals surface area contributed by atoms with Gasteiger partial charge in [-0.3, -0.25) is 10.1 Å². The van der Waals surface area contributed by atoms with Gasteiger partial charge in [-0.15, -0.1) is 0 Å². The summed E-state index contributed by atoms with van der Waals surface area (Å²) < 4.78 is 23.6. The predicted molar refractivity (Wildman–Crippen MR) is 75.5 cm³/mol. The molecule has 10 nitrogen and oxygen atoms in total. The number of nitro groups is 1. The number of aliphatic imine (C=N–C) groups is 1. The molecule has 1 aromatic carbocycles. The second-order valence-electron chi connectivity index (χ2n) is 4.02. The lowest BCUT2D eigenvalue weighted by Crippen LogP contribution is -2.13. The third kappa shape index (κ3) is 2.55.